The maximum Gasteiger partial charge on any atom is 0.110 e. The maximum atomic E-state index is 4.91. The van der Waals surface area contributed by atoms with Gasteiger partial charge < -0.3 is 5.32 Å². The number of nitrogens with one attached hydrogen (secondary N) is 1. The number of aromatic nitrogens is 1. The lowest BCUT2D eigenvalue weighted by molar-refractivity contribution is 0.463. The van der Waals surface area contributed by atoms with Crippen LogP contribution in [0.1, 0.15) is 96.3 Å². The van der Waals surface area contributed by atoms with Crippen molar-refractivity contribution in [2.75, 3.05) is 6.54 Å². The minimum absolute atomic E-state index is 0.158. The van der Waals surface area contributed by atoms with Crippen molar-refractivity contribution in [3.05, 3.63) is 16.1 Å². The van der Waals surface area contributed by atoms with Gasteiger partial charge in [-0.1, -0.05) is 66.7 Å². The van der Waals surface area contributed by atoms with Gasteiger partial charge in [0.15, 0.2) is 0 Å². The molecule has 0 spiro atoms. The molecule has 0 aliphatic heterocycles. The van der Waals surface area contributed by atoms with Gasteiger partial charge in [-0.2, -0.15) is 0 Å². The second-order valence-electron chi connectivity index (χ2n) is 7.03. The van der Waals surface area contributed by atoms with E-state index in [1.165, 1.54) is 55.6 Å². The van der Waals surface area contributed by atoms with Crippen LogP contribution in [-0.2, 0) is 5.41 Å². The molecule has 3 heteroatoms. The van der Waals surface area contributed by atoms with Crippen LogP contribution in [0.25, 0.3) is 0 Å². The highest BCUT2D eigenvalue weighted by molar-refractivity contribution is 7.09. The SMILES string of the molecule is CCCCCCCC(NCCC)c1nc(C(C)(C)C)cs1. The molecule has 1 N–H and O–H groups in total. The Balaban J connectivity index is 2.57. The number of thiazole rings is 1. The summed E-state index contributed by atoms with van der Waals surface area (Å²) < 4.78 is 0. The van der Waals surface area contributed by atoms with E-state index in [0.717, 1.165) is 6.54 Å². The highest BCUT2D eigenvalue weighted by atomic mass is 32.1. The fourth-order valence-corrected chi connectivity index (χ4v) is 3.53. The lowest BCUT2D eigenvalue weighted by atomic mass is 9.93. The van der Waals surface area contributed by atoms with Gasteiger partial charge in [-0.15, -0.1) is 11.3 Å². The summed E-state index contributed by atoms with van der Waals surface area (Å²) in [5.41, 5.74) is 1.39. The molecule has 1 aromatic rings. The lowest BCUT2D eigenvalue weighted by Crippen LogP contribution is -2.22. The van der Waals surface area contributed by atoms with E-state index in [-0.39, 0.29) is 5.41 Å². The summed E-state index contributed by atoms with van der Waals surface area (Å²) in [6.07, 6.45) is 9.14. The van der Waals surface area contributed by atoms with Crippen molar-refractivity contribution in [1.82, 2.24) is 10.3 Å². The van der Waals surface area contributed by atoms with E-state index >= 15 is 0 Å². The fraction of sp³-hybridized carbons (Fsp3) is 0.833. The van der Waals surface area contributed by atoms with Crippen LogP contribution < -0.4 is 5.32 Å². The Labute approximate surface area is 135 Å². The second-order valence-corrected chi connectivity index (χ2v) is 7.92. The molecule has 0 radical (unpaired) electrons. The molecule has 2 nitrogen and oxygen atoms in total. The van der Waals surface area contributed by atoms with Crippen LogP contribution in [0, 0.1) is 0 Å². The van der Waals surface area contributed by atoms with E-state index < -0.39 is 0 Å². The van der Waals surface area contributed by atoms with Crippen molar-refractivity contribution in [3.63, 3.8) is 0 Å². The number of hydrogen-bond donors (Lipinski definition) is 1. The highest BCUT2D eigenvalue weighted by Crippen LogP contribution is 2.29. The fourth-order valence-electron chi connectivity index (χ4n) is 2.38. The third kappa shape index (κ3) is 6.92. The largest absolute Gasteiger partial charge is 0.308 e. The van der Waals surface area contributed by atoms with Gasteiger partial charge in [-0.3, -0.25) is 0 Å². The standard InChI is InChI=1S/C18H34N2S/c1-6-8-9-10-11-12-15(19-13-7-2)17-20-16(14-21-17)18(3,4)5/h14-15,19H,6-13H2,1-5H3. The minimum Gasteiger partial charge on any atom is -0.308 e. The molecule has 1 aromatic heterocycles. The summed E-state index contributed by atoms with van der Waals surface area (Å²) in [6, 6.07) is 0.452. The predicted molar refractivity (Wildman–Crippen MR) is 95.2 cm³/mol. The average molecular weight is 311 g/mol. The first kappa shape index (κ1) is 18.6. The molecule has 0 aromatic carbocycles. The van der Waals surface area contributed by atoms with E-state index in [4.69, 9.17) is 4.98 Å². The zero-order valence-electron chi connectivity index (χ0n) is 14.7. The average Bonchev–Trinajstić information content (AvgIpc) is 2.91. The molecule has 0 fully saturated rings. The van der Waals surface area contributed by atoms with E-state index in [9.17, 15) is 0 Å². The molecule has 1 heterocycles. The Morgan fingerprint density at radius 3 is 2.38 bits per heavy atom. The van der Waals surface area contributed by atoms with Gasteiger partial charge >= 0.3 is 0 Å². The molecule has 1 rings (SSSR count). The normalized spacial score (nSPS) is 13.6. The van der Waals surface area contributed by atoms with E-state index in [2.05, 4.69) is 45.3 Å². The smallest absolute Gasteiger partial charge is 0.110 e. The molecular weight excluding hydrogens is 276 g/mol. The molecule has 122 valence electrons. The van der Waals surface area contributed by atoms with Crippen LogP contribution in [0.5, 0.6) is 0 Å². The quantitative estimate of drug-likeness (QED) is 0.549. The summed E-state index contributed by atoms with van der Waals surface area (Å²) in [4.78, 5) is 4.91. The molecule has 0 amide bonds. The van der Waals surface area contributed by atoms with Crippen molar-refractivity contribution in [2.24, 2.45) is 0 Å². The van der Waals surface area contributed by atoms with Crippen LogP contribution in [0.4, 0.5) is 0 Å². The molecule has 0 saturated heterocycles. The Kier molecular flexibility index (Phi) is 8.50. The zero-order valence-corrected chi connectivity index (χ0v) is 15.5. The monoisotopic (exact) mass is 310 g/mol. The Morgan fingerprint density at radius 1 is 1.10 bits per heavy atom. The molecule has 0 bridgehead atoms. The Morgan fingerprint density at radius 2 is 1.81 bits per heavy atom. The minimum atomic E-state index is 0.158. The maximum absolute atomic E-state index is 4.91. The summed E-state index contributed by atoms with van der Waals surface area (Å²) in [6.45, 7) is 12.3. The molecule has 0 saturated carbocycles. The van der Waals surface area contributed by atoms with Crippen molar-refractivity contribution < 1.29 is 0 Å². The number of hydrogen-bond acceptors (Lipinski definition) is 3. The van der Waals surface area contributed by atoms with Crippen molar-refractivity contribution >= 4 is 11.3 Å². The Bertz CT molecular complexity index is 379. The first-order valence-electron chi connectivity index (χ1n) is 8.68. The second kappa shape index (κ2) is 9.58. The van der Waals surface area contributed by atoms with Crippen molar-refractivity contribution in [2.45, 2.75) is 91.0 Å². The topological polar surface area (TPSA) is 24.9 Å². The number of unbranched alkanes of at least 4 members (excludes halogenated alkanes) is 4. The number of rotatable bonds is 10. The van der Waals surface area contributed by atoms with Gasteiger partial charge in [0.25, 0.3) is 0 Å². The third-order valence-corrected chi connectivity index (χ3v) is 4.78. The van der Waals surface area contributed by atoms with Crippen molar-refractivity contribution in [3.8, 4) is 0 Å². The molecule has 0 aliphatic rings. The highest BCUT2D eigenvalue weighted by Gasteiger charge is 2.20. The zero-order chi connectivity index (χ0) is 15.7. The van der Waals surface area contributed by atoms with E-state index in [0.29, 0.717) is 6.04 Å². The molecule has 21 heavy (non-hydrogen) atoms. The van der Waals surface area contributed by atoms with E-state index in [1.54, 1.807) is 0 Å². The third-order valence-electron chi connectivity index (χ3n) is 3.83. The van der Waals surface area contributed by atoms with Gasteiger partial charge in [-0.25, -0.2) is 4.98 Å². The summed E-state index contributed by atoms with van der Waals surface area (Å²) in [7, 11) is 0. The van der Waals surface area contributed by atoms with Crippen LogP contribution in [0.3, 0.4) is 0 Å². The lowest BCUT2D eigenvalue weighted by Gasteiger charge is -2.17. The van der Waals surface area contributed by atoms with Gasteiger partial charge in [0.2, 0.25) is 0 Å². The van der Waals surface area contributed by atoms with Gasteiger partial charge in [-0.05, 0) is 19.4 Å². The van der Waals surface area contributed by atoms with Gasteiger partial charge in [0.05, 0.1) is 11.7 Å². The molecule has 0 aliphatic carbocycles. The first-order chi connectivity index (χ1) is 9.99. The summed E-state index contributed by atoms with van der Waals surface area (Å²) in [5.74, 6) is 0. The molecule has 1 unspecified atom stereocenters. The van der Waals surface area contributed by atoms with Crippen LogP contribution in [0.15, 0.2) is 5.38 Å². The number of nitrogens with zero attached hydrogens (tertiary/aromatic N) is 1. The van der Waals surface area contributed by atoms with Crippen LogP contribution >= 0.6 is 11.3 Å². The van der Waals surface area contributed by atoms with Crippen LogP contribution in [-0.4, -0.2) is 11.5 Å². The Hall–Kier alpha value is -0.410. The predicted octanol–water partition coefficient (Wildman–Crippen LogP) is 5.84. The summed E-state index contributed by atoms with van der Waals surface area (Å²) >= 11 is 1.83. The molecule has 1 atom stereocenters. The van der Waals surface area contributed by atoms with Crippen molar-refractivity contribution in [1.29, 1.82) is 0 Å². The van der Waals surface area contributed by atoms with E-state index in [1.807, 2.05) is 11.3 Å². The molecular formula is C18H34N2S. The first-order valence-corrected chi connectivity index (χ1v) is 9.56. The summed E-state index contributed by atoms with van der Waals surface area (Å²) in [5, 5.41) is 7.21. The van der Waals surface area contributed by atoms with Gasteiger partial charge in [0.1, 0.15) is 5.01 Å². The van der Waals surface area contributed by atoms with Crippen LogP contribution in [0.2, 0.25) is 0 Å². The van der Waals surface area contributed by atoms with Gasteiger partial charge in [0, 0.05) is 10.8 Å².